The molecule has 0 bridgehead atoms. The maximum Gasteiger partial charge on any atom is 0.113 e. The lowest BCUT2D eigenvalue weighted by Gasteiger charge is -2.12. The first-order chi connectivity index (χ1) is 13.7. The van der Waals surface area contributed by atoms with Gasteiger partial charge in [-0.2, -0.15) is 0 Å². The van der Waals surface area contributed by atoms with E-state index in [-0.39, 0.29) is 5.54 Å². The van der Waals surface area contributed by atoms with E-state index in [1.807, 2.05) is 47.3 Å². The Morgan fingerprint density at radius 3 is 2.29 bits per heavy atom. The third-order valence-corrected chi connectivity index (χ3v) is 5.62. The fourth-order valence-electron chi connectivity index (χ4n) is 3.93. The van der Waals surface area contributed by atoms with Crippen LogP contribution in [0.15, 0.2) is 91.1 Å². The van der Waals surface area contributed by atoms with Crippen molar-refractivity contribution in [3.8, 4) is 16.9 Å². The summed E-state index contributed by atoms with van der Waals surface area (Å²) >= 11 is 0. The maximum atomic E-state index is 6.64. The molecule has 2 N–H and O–H groups in total. The zero-order chi connectivity index (χ0) is 19.0. The van der Waals surface area contributed by atoms with Crippen molar-refractivity contribution in [2.45, 2.75) is 24.3 Å². The molecule has 4 aromatic rings. The largest absolute Gasteiger partial charge is 0.324 e. The molecule has 0 spiro atoms. The van der Waals surface area contributed by atoms with E-state index in [0.29, 0.717) is 5.92 Å². The molecule has 4 heteroatoms. The van der Waals surface area contributed by atoms with Crippen LogP contribution in [0, 0.1) is 0 Å². The molecule has 1 aliphatic rings. The molecule has 28 heavy (non-hydrogen) atoms. The number of aromatic nitrogens is 3. The molecule has 0 radical (unpaired) electrons. The van der Waals surface area contributed by atoms with Crippen LogP contribution in [0.1, 0.15) is 23.5 Å². The van der Waals surface area contributed by atoms with Gasteiger partial charge in [-0.05, 0) is 36.1 Å². The van der Waals surface area contributed by atoms with Crippen LogP contribution >= 0.6 is 0 Å². The average Bonchev–Trinajstić information content (AvgIpc) is 3.17. The Morgan fingerprint density at radius 2 is 1.57 bits per heavy atom. The summed E-state index contributed by atoms with van der Waals surface area (Å²) in [5, 5.41) is 8.57. The Bertz CT molecular complexity index is 1070. The standard InChI is InChI=1S/C24H22N4/c25-24(15-18-7-3-1-4-8-18)16-22(24)19-11-13-21(14-12-19)28-17-23(26-27-28)20-9-5-2-6-10-20/h1-14,17,22H,15-16,25H2/t22-,24+/m0/s1. The van der Waals surface area contributed by atoms with Gasteiger partial charge in [0.05, 0.1) is 11.9 Å². The van der Waals surface area contributed by atoms with E-state index in [4.69, 9.17) is 5.73 Å². The first kappa shape index (κ1) is 16.9. The minimum absolute atomic E-state index is 0.128. The molecule has 1 aromatic heterocycles. The number of benzene rings is 3. The summed E-state index contributed by atoms with van der Waals surface area (Å²) in [4.78, 5) is 0. The van der Waals surface area contributed by atoms with Gasteiger partial charge in [-0.15, -0.1) is 5.10 Å². The predicted octanol–water partition coefficient (Wildman–Crippen LogP) is 4.36. The monoisotopic (exact) mass is 366 g/mol. The predicted molar refractivity (Wildman–Crippen MR) is 111 cm³/mol. The Morgan fingerprint density at radius 1 is 0.893 bits per heavy atom. The van der Waals surface area contributed by atoms with E-state index in [1.165, 1.54) is 11.1 Å². The van der Waals surface area contributed by atoms with Gasteiger partial charge in [0.2, 0.25) is 0 Å². The molecule has 4 nitrogen and oxygen atoms in total. The van der Waals surface area contributed by atoms with Crippen LogP contribution in [0.4, 0.5) is 0 Å². The van der Waals surface area contributed by atoms with E-state index < -0.39 is 0 Å². The highest BCUT2D eigenvalue weighted by Gasteiger charge is 2.51. The van der Waals surface area contributed by atoms with E-state index in [1.54, 1.807) is 0 Å². The van der Waals surface area contributed by atoms with Crippen LogP contribution in [0.5, 0.6) is 0 Å². The molecule has 2 atom stereocenters. The van der Waals surface area contributed by atoms with Crippen molar-refractivity contribution in [1.82, 2.24) is 15.0 Å². The van der Waals surface area contributed by atoms with Crippen molar-refractivity contribution in [2.24, 2.45) is 5.73 Å². The lowest BCUT2D eigenvalue weighted by atomic mass is 9.99. The van der Waals surface area contributed by atoms with Crippen LogP contribution in [0.2, 0.25) is 0 Å². The van der Waals surface area contributed by atoms with E-state index in [9.17, 15) is 0 Å². The minimum Gasteiger partial charge on any atom is -0.324 e. The van der Waals surface area contributed by atoms with Crippen LogP contribution in [0.25, 0.3) is 16.9 Å². The minimum atomic E-state index is -0.128. The third kappa shape index (κ3) is 3.23. The van der Waals surface area contributed by atoms with Crippen molar-refractivity contribution >= 4 is 0 Å². The Balaban J connectivity index is 1.31. The molecular formula is C24H22N4. The van der Waals surface area contributed by atoms with Crippen molar-refractivity contribution in [1.29, 1.82) is 0 Å². The summed E-state index contributed by atoms with van der Waals surface area (Å²) in [5.41, 5.74) is 12.1. The summed E-state index contributed by atoms with van der Waals surface area (Å²) < 4.78 is 1.82. The normalized spacial score (nSPS) is 20.8. The summed E-state index contributed by atoms with van der Waals surface area (Å²) in [7, 11) is 0. The molecule has 0 amide bonds. The van der Waals surface area contributed by atoms with Crippen LogP contribution < -0.4 is 5.73 Å². The topological polar surface area (TPSA) is 56.7 Å². The van der Waals surface area contributed by atoms with Gasteiger partial charge in [-0.25, -0.2) is 4.68 Å². The maximum absolute atomic E-state index is 6.64. The number of hydrogen-bond acceptors (Lipinski definition) is 3. The van der Waals surface area contributed by atoms with Crippen molar-refractivity contribution in [3.63, 3.8) is 0 Å². The first-order valence-corrected chi connectivity index (χ1v) is 9.62. The molecule has 1 saturated carbocycles. The Hall–Kier alpha value is -3.24. The molecule has 0 unspecified atom stereocenters. The molecule has 5 rings (SSSR count). The lowest BCUT2D eigenvalue weighted by molar-refractivity contribution is 0.646. The van der Waals surface area contributed by atoms with Gasteiger partial charge in [-0.3, -0.25) is 0 Å². The van der Waals surface area contributed by atoms with Crippen molar-refractivity contribution < 1.29 is 0 Å². The van der Waals surface area contributed by atoms with Crippen LogP contribution in [0.3, 0.4) is 0 Å². The quantitative estimate of drug-likeness (QED) is 0.571. The van der Waals surface area contributed by atoms with E-state index in [2.05, 4.69) is 58.8 Å². The lowest BCUT2D eigenvalue weighted by Crippen LogP contribution is -2.27. The number of nitrogens with zero attached hydrogens (tertiary/aromatic N) is 3. The van der Waals surface area contributed by atoms with Crippen LogP contribution in [-0.2, 0) is 6.42 Å². The molecule has 0 saturated heterocycles. The van der Waals surface area contributed by atoms with Gasteiger partial charge in [0.1, 0.15) is 5.69 Å². The highest BCUT2D eigenvalue weighted by Crippen LogP contribution is 2.51. The van der Waals surface area contributed by atoms with E-state index >= 15 is 0 Å². The summed E-state index contributed by atoms with van der Waals surface area (Å²) in [6.07, 6.45) is 3.91. The summed E-state index contributed by atoms with van der Waals surface area (Å²) in [6.45, 7) is 0. The van der Waals surface area contributed by atoms with Gasteiger partial charge in [0.25, 0.3) is 0 Å². The molecule has 1 aliphatic carbocycles. The Labute approximate surface area is 164 Å². The number of nitrogens with two attached hydrogens (primary N) is 1. The highest BCUT2D eigenvalue weighted by molar-refractivity contribution is 5.57. The number of hydrogen-bond donors (Lipinski definition) is 1. The fraction of sp³-hybridized carbons (Fsp3) is 0.167. The highest BCUT2D eigenvalue weighted by atomic mass is 15.4. The Kier molecular flexibility index (Phi) is 4.06. The summed E-state index contributed by atoms with van der Waals surface area (Å²) in [6, 6.07) is 29.1. The zero-order valence-electron chi connectivity index (χ0n) is 15.6. The second-order valence-electron chi connectivity index (χ2n) is 7.66. The second-order valence-corrected chi connectivity index (χ2v) is 7.66. The molecular weight excluding hydrogens is 344 g/mol. The van der Waals surface area contributed by atoms with Gasteiger partial charge in [-0.1, -0.05) is 78.0 Å². The molecule has 138 valence electrons. The van der Waals surface area contributed by atoms with Crippen LogP contribution in [-0.4, -0.2) is 20.5 Å². The SMILES string of the molecule is N[C@]1(Cc2ccccc2)C[C@H]1c1ccc(-n2cc(-c3ccccc3)nn2)cc1. The van der Waals surface area contributed by atoms with Gasteiger partial charge in [0, 0.05) is 17.0 Å². The fourth-order valence-corrected chi connectivity index (χ4v) is 3.93. The molecule has 0 aliphatic heterocycles. The van der Waals surface area contributed by atoms with Gasteiger partial charge < -0.3 is 5.73 Å². The first-order valence-electron chi connectivity index (χ1n) is 9.62. The van der Waals surface area contributed by atoms with E-state index in [0.717, 1.165) is 29.8 Å². The van der Waals surface area contributed by atoms with Gasteiger partial charge in [0.15, 0.2) is 0 Å². The second kappa shape index (κ2) is 6.73. The molecule has 1 fully saturated rings. The van der Waals surface area contributed by atoms with Crippen molar-refractivity contribution in [3.05, 3.63) is 102 Å². The van der Waals surface area contributed by atoms with Gasteiger partial charge >= 0.3 is 0 Å². The molecule has 3 aromatic carbocycles. The summed E-state index contributed by atoms with van der Waals surface area (Å²) in [5.74, 6) is 0.414. The zero-order valence-corrected chi connectivity index (χ0v) is 15.6. The van der Waals surface area contributed by atoms with Crippen molar-refractivity contribution in [2.75, 3.05) is 0 Å². The average molecular weight is 366 g/mol. The smallest absolute Gasteiger partial charge is 0.113 e. The third-order valence-electron chi connectivity index (χ3n) is 5.62. The molecule has 1 heterocycles. The number of rotatable bonds is 5.